The van der Waals surface area contributed by atoms with E-state index < -0.39 is 0 Å². The van der Waals surface area contributed by atoms with Gasteiger partial charge in [-0.1, -0.05) is 59.6 Å². The zero-order valence-electron chi connectivity index (χ0n) is 33.5. The summed E-state index contributed by atoms with van der Waals surface area (Å²) < 4.78 is 22.2. The maximum absolute atomic E-state index is 12.7. The van der Waals surface area contributed by atoms with Crippen LogP contribution < -0.4 is 20.1 Å². The average Bonchev–Trinajstić information content (AvgIpc) is 4.04. The van der Waals surface area contributed by atoms with Crippen molar-refractivity contribution in [3.8, 4) is 45.3 Å². The molecule has 0 saturated carbocycles. The molecular weight excluding hydrogens is 803 g/mol. The van der Waals surface area contributed by atoms with Crippen molar-refractivity contribution < 1.29 is 27.9 Å². The third-order valence-corrected chi connectivity index (χ3v) is 12.1. The fourth-order valence-corrected chi connectivity index (χ4v) is 8.60. The van der Waals surface area contributed by atoms with Gasteiger partial charge >= 0.3 is 0 Å². The highest BCUT2D eigenvalue weighted by atomic mass is 35.5. The second-order valence-electron chi connectivity index (χ2n) is 14.9. The van der Waals surface area contributed by atoms with E-state index in [1.165, 1.54) is 12.5 Å². The van der Waals surface area contributed by atoms with Crippen molar-refractivity contribution >= 4 is 35.0 Å². The largest absolute Gasteiger partial charge is 0.496 e. The lowest BCUT2D eigenvalue weighted by Crippen LogP contribution is -2.44. The number of pyridine rings is 2. The molecule has 0 bridgehead atoms. The number of hydrogen-bond acceptors (Lipinski definition) is 10. The van der Waals surface area contributed by atoms with E-state index in [-0.39, 0.29) is 23.9 Å². The van der Waals surface area contributed by atoms with Gasteiger partial charge in [0.1, 0.15) is 5.75 Å². The quantitative estimate of drug-likeness (QED) is 0.116. The number of ether oxygens (including phenoxy) is 2. The molecule has 2 saturated heterocycles. The minimum absolute atomic E-state index is 0.0681. The van der Waals surface area contributed by atoms with Crippen molar-refractivity contribution in [1.29, 1.82) is 0 Å². The van der Waals surface area contributed by atoms with E-state index in [1.807, 2.05) is 64.4 Å². The van der Waals surface area contributed by atoms with Crippen LogP contribution in [-0.2, 0) is 13.1 Å². The molecule has 6 aromatic rings. The molecule has 2 aliphatic rings. The first-order chi connectivity index (χ1) is 29.3. The van der Waals surface area contributed by atoms with Crippen molar-refractivity contribution in [1.82, 2.24) is 30.4 Å². The Kier molecular flexibility index (Phi) is 12.8. The average molecular weight is 850 g/mol. The minimum Gasteiger partial charge on any atom is -0.496 e. The molecule has 0 unspecified atom stereocenters. The number of halogens is 2. The van der Waals surface area contributed by atoms with Gasteiger partial charge in [0.15, 0.2) is 11.5 Å². The van der Waals surface area contributed by atoms with Gasteiger partial charge in [-0.3, -0.25) is 14.6 Å². The van der Waals surface area contributed by atoms with Gasteiger partial charge in [-0.05, 0) is 68.1 Å². The molecule has 0 aliphatic carbocycles. The highest BCUT2D eigenvalue weighted by Crippen LogP contribution is 2.42. The first-order valence-corrected chi connectivity index (χ1v) is 20.8. The van der Waals surface area contributed by atoms with Crippen LogP contribution in [0.15, 0.2) is 106 Å². The number of furan rings is 2. The molecule has 0 radical (unpaired) electrons. The van der Waals surface area contributed by atoms with Gasteiger partial charge in [-0.15, -0.1) is 0 Å². The summed E-state index contributed by atoms with van der Waals surface area (Å²) in [6.45, 7) is 3.81. The predicted octanol–water partition coefficient (Wildman–Crippen LogP) is 8.78. The zero-order chi connectivity index (χ0) is 41.6. The number of methoxy groups -OCH3 is 2. The monoisotopic (exact) mass is 848 g/mol. The first kappa shape index (κ1) is 41.1. The van der Waals surface area contributed by atoms with Gasteiger partial charge in [-0.25, -0.2) is 4.98 Å². The molecule has 6 heterocycles. The van der Waals surface area contributed by atoms with E-state index in [0.29, 0.717) is 78.1 Å². The summed E-state index contributed by atoms with van der Waals surface area (Å²) >= 11 is 14.3. The Bertz CT molecular complexity index is 2260. The summed E-state index contributed by atoms with van der Waals surface area (Å²) in [7, 11) is 3.27. The zero-order valence-corrected chi connectivity index (χ0v) is 35.0. The van der Waals surface area contributed by atoms with Gasteiger partial charge in [-0.2, -0.15) is 0 Å². The van der Waals surface area contributed by atoms with E-state index in [1.54, 1.807) is 44.7 Å². The Morgan fingerprint density at radius 3 is 1.87 bits per heavy atom. The normalized spacial score (nSPS) is 15.0. The number of benzene rings is 2. The number of piperidine rings is 2. The Labute approximate surface area is 358 Å². The van der Waals surface area contributed by atoms with Crippen LogP contribution in [-0.4, -0.2) is 84.1 Å². The summed E-state index contributed by atoms with van der Waals surface area (Å²) in [6.07, 6.45) is 8.12. The van der Waals surface area contributed by atoms with E-state index in [4.69, 9.17) is 46.5 Å². The predicted molar refractivity (Wildman–Crippen MR) is 230 cm³/mol. The lowest BCUT2D eigenvalue weighted by Gasteiger charge is -2.32. The number of carbonyl (C=O) groups excluding carboxylic acids is 2. The standard InChI is InChI=1S/C46H46Cl2N6O6/c1-57-40-26-29(10-11-30(40)27-50-32-15-20-53(21-16-32)45(55)38-8-4-24-59-38)43-42(48)35(14-19-49-43)34-6-3-7-36(41(34)47)37-13-12-31(44(52-37)58-2)28-51-33-17-22-54(23-18-33)46(56)39-9-5-25-60-39/h3-14,19,24-26,32-33,50-51H,15-18,20-23,27-28H2,1-2H3. The fourth-order valence-electron chi connectivity index (χ4n) is 7.95. The molecule has 2 amide bonds. The summed E-state index contributed by atoms with van der Waals surface area (Å²) in [5.74, 6) is 1.83. The molecule has 12 nitrogen and oxygen atoms in total. The van der Waals surface area contributed by atoms with Crippen LogP contribution in [0.25, 0.3) is 33.6 Å². The molecule has 4 aromatic heterocycles. The smallest absolute Gasteiger partial charge is 0.289 e. The van der Waals surface area contributed by atoms with E-state index in [2.05, 4.69) is 15.6 Å². The number of amides is 2. The van der Waals surface area contributed by atoms with E-state index in [9.17, 15) is 9.59 Å². The SMILES string of the molecule is COc1cc(-c2nccc(-c3cccc(-c4ccc(CNC5CCN(C(=O)c6ccco6)CC5)c(OC)n4)c3Cl)c2Cl)ccc1CNC1CCN(C(=O)c2ccco2)CC1. The van der Waals surface area contributed by atoms with Gasteiger partial charge in [0.2, 0.25) is 5.88 Å². The molecule has 2 aliphatic heterocycles. The van der Waals surface area contributed by atoms with Crippen molar-refractivity contribution in [2.24, 2.45) is 0 Å². The second kappa shape index (κ2) is 18.7. The van der Waals surface area contributed by atoms with Gasteiger partial charge in [0.25, 0.3) is 11.8 Å². The lowest BCUT2D eigenvalue weighted by molar-refractivity contribution is 0.0665. The van der Waals surface area contributed by atoms with Gasteiger partial charge in [0.05, 0.1) is 48.2 Å². The highest BCUT2D eigenvalue weighted by molar-refractivity contribution is 6.39. The third-order valence-electron chi connectivity index (χ3n) is 11.3. The van der Waals surface area contributed by atoms with Crippen molar-refractivity contribution in [3.05, 3.63) is 130 Å². The van der Waals surface area contributed by atoms with Gasteiger partial charge < -0.3 is 38.7 Å². The second-order valence-corrected chi connectivity index (χ2v) is 15.7. The van der Waals surface area contributed by atoms with Crippen LogP contribution in [0.2, 0.25) is 10.0 Å². The number of carbonyl (C=O) groups is 2. The van der Waals surface area contributed by atoms with Crippen LogP contribution in [0.1, 0.15) is 57.9 Å². The highest BCUT2D eigenvalue weighted by Gasteiger charge is 2.27. The molecule has 8 rings (SSSR count). The summed E-state index contributed by atoms with van der Waals surface area (Å²) in [4.78, 5) is 38.6. The molecule has 14 heteroatoms. The third kappa shape index (κ3) is 8.92. The van der Waals surface area contributed by atoms with Gasteiger partial charge in [0, 0.05) is 90.9 Å². The summed E-state index contributed by atoms with van der Waals surface area (Å²) in [5, 5.41) is 8.23. The Balaban J connectivity index is 0.920. The first-order valence-electron chi connectivity index (χ1n) is 20.1. The van der Waals surface area contributed by atoms with Crippen molar-refractivity contribution in [2.45, 2.75) is 50.9 Å². The van der Waals surface area contributed by atoms with E-state index >= 15 is 0 Å². The molecule has 2 aromatic carbocycles. The minimum atomic E-state index is -0.0725. The lowest BCUT2D eigenvalue weighted by atomic mass is 9.99. The van der Waals surface area contributed by atoms with Crippen LogP contribution in [0.3, 0.4) is 0 Å². The van der Waals surface area contributed by atoms with Crippen LogP contribution >= 0.6 is 23.2 Å². The molecular formula is C46H46Cl2N6O6. The number of aromatic nitrogens is 2. The van der Waals surface area contributed by atoms with Crippen LogP contribution in [0.4, 0.5) is 0 Å². The summed E-state index contributed by atoms with van der Waals surface area (Å²) in [5.41, 5.74) is 6.22. The number of hydrogen-bond donors (Lipinski definition) is 2. The Morgan fingerprint density at radius 1 is 0.700 bits per heavy atom. The molecule has 2 N–H and O–H groups in total. The molecule has 310 valence electrons. The molecule has 0 spiro atoms. The maximum Gasteiger partial charge on any atom is 0.289 e. The molecule has 2 fully saturated rings. The van der Waals surface area contributed by atoms with E-state index in [0.717, 1.165) is 64.8 Å². The fraction of sp³-hybridized carbons (Fsp3) is 0.304. The topological polar surface area (TPSA) is 135 Å². The number of likely N-dealkylation sites (tertiary alicyclic amines) is 2. The summed E-state index contributed by atoms with van der Waals surface area (Å²) in [6, 6.07) is 25.0. The molecule has 60 heavy (non-hydrogen) atoms. The Hall–Kier alpha value is -5.66. The van der Waals surface area contributed by atoms with Crippen molar-refractivity contribution in [3.63, 3.8) is 0 Å². The number of rotatable bonds is 13. The van der Waals surface area contributed by atoms with Crippen LogP contribution in [0.5, 0.6) is 11.6 Å². The molecule has 0 atom stereocenters. The van der Waals surface area contributed by atoms with Crippen molar-refractivity contribution in [2.75, 3.05) is 40.4 Å². The number of nitrogens with zero attached hydrogens (tertiary/aromatic N) is 4. The van der Waals surface area contributed by atoms with Crippen LogP contribution in [0, 0.1) is 0 Å². The maximum atomic E-state index is 12.7. The Morgan fingerprint density at radius 2 is 1.28 bits per heavy atom. The number of nitrogens with one attached hydrogen (secondary N) is 2.